The predicted octanol–water partition coefficient (Wildman–Crippen LogP) is 1.86. The molecule has 0 atom stereocenters. The quantitative estimate of drug-likeness (QED) is 0.538. The molecule has 0 aliphatic carbocycles. The largest absolute Gasteiger partial charge is 0.418 e. The Labute approximate surface area is 77.9 Å². The highest BCUT2D eigenvalue weighted by Crippen LogP contribution is 2.35. The fourth-order valence-corrected chi connectivity index (χ4v) is 1.04. The number of anilines is 1. The first-order chi connectivity index (χ1) is 6.50. The van der Waals surface area contributed by atoms with E-state index in [-0.39, 0.29) is 5.56 Å². The van der Waals surface area contributed by atoms with Crippen molar-refractivity contribution < 1.29 is 13.2 Å². The number of rotatable bonds is 1. The van der Waals surface area contributed by atoms with Gasteiger partial charge in [-0.25, -0.2) is 0 Å². The Bertz CT molecular complexity index is 378. The molecule has 3 nitrogen and oxygen atoms in total. The van der Waals surface area contributed by atoms with Crippen molar-refractivity contribution in [3.05, 3.63) is 29.3 Å². The lowest BCUT2D eigenvalue weighted by Gasteiger charge is -2.12. The molecule has 0 saturated carbocycles. The normalized spacial score (nSPS) is 10.8. The average molecular weight is 201 g/mol. The highest BCUT2D eigenvalue weighted by molar-refractivity contribution is 5.62. The minimum absolute atomic E-state index is 0.137. The predicted molar refractivity (Wildman–Crippen MR) is 44.0 cm³/mol. The summed E-state index contributed by atoms with van der Waals surface area (Å²) in [4.78, 5) is 0. The summed E-state index contributed by atoms with van der Waals surface area (Å²) < 4.78 is 37.0. The molecule has 1 aromatic rings. The van der Waals surface area contributed by atoms with Gasteiger partial charge in [0.1, 0.15) is 6.07 Å². The van der Waals surface area contributed by atoms with Gasteiger partial charge in [0.2, 0.25) is 0 Å². The first-order valence-corrected chi connectivity index (χ1v) is 3.57. The Morgan fingerprint density at radius 1 is 1.36 bits per heavy atom. The molecule has 0 unspecified atom stereocenters. The van der Waals surface area contributed by atoms with Crippen LogP contribution in [0.15, 0.2) is 18.2 Å². The van der Waals surface area contributed by atoms with E-state index in [4.69, 9.17) is 11.1 Å². The van der Waals surface area contributed by atoms with Crippen molar-refractivity contribution >= 4 is 5.69 Å². The van der Waals surface area contributed by atoms with Crippen LogP contribution in [-0.4, -0.2) is 0 Å². The van der Waals surface area contributed by atoms with E-state index < -0.39 is 17.4 Å². The van der Waals surface area contributed by atoms with Crippen molar-refractivity contribution in [1.29, 1.82) is 5.26 Å². The van der Waals surface area contributed by atoms with Gasteiger partial charge < -0.3 is 5.43 Å². The second-order valence-electron chi connectivity index (χ2n) is 2.48. The van der Waals surface area contributed by atoms with E-state index >= 15 is 0 Å². The highest BCUT2D eigenvalue weighted by Gasteiger charge is 2.34. The first kappa shape index (κ1) is 10.3. The van der Waals surface area contributed by atoms with Crippen LogP contribution in [-0.2, 0) is 6.18 Å². The van der Waals surface area contributed by atoms with E-state index in [0.717, 1.165) is 12.1 Å². The molecule has 0 radical (unpaired) electrons. The summed E-state index contributed by atoms with van der Waals surface area (Å²) in [6, 6.07) is 4.88. The molecule has 0 heterocycles. The van der Waals surface area contributed by atoms with Crippen molar-refractivity contribution in [1.82, 2.24) is 0 Å². The Morgan fingerprint density at radius 3 is 2.43 bits per heavy atom. The maximum atomic E-state index is 12.3. The molecular formula is C8H6F3N3. The Kier molecular flexibility index (Phi) is 2.63. The number of nitrogens with one attached hydrogen (secondary N) is 1. The summed E-state index contributed by atoms with van der Waals surface area (Å²) in [6.07, 6.45) is -4.52. The molecule has 0 aliphatic heterocycles. The number of hydrogen-bond donors (Lipinski definition) is 2. The van der Waals surface area contributed by atoms with E-state index in [9.17, 15) is 13.2 Å². The third-order valence-electron chi connectivity index (χ3n) is 1.63. The average Bonchev–Trinajstić information content (AvgIpc) is 2.15. The number of alkyl halides is 3. The van der Waals surface area contributed by atoms with Gasteiger partial charge in [-0.2, -0.15) is 18.4 Å². The number of para-hydroxylation sites is 1. The lowest BCUT2D eigenvalue weighted by atomic mass is 10.1. The molecule has 3 N–H and O–H groups in total. The van der Waals surface area contributed by atoms with E-state index in [1.54, 1.807) is 6.07 Å². The zero-order valence-corrected chi connectivity index (χ0v) is 6.89. The molecule has 0 bridgehead atoms. The lowest BCUT2D eigenvalue weighted by Crippen LogP contribution is -2.16. The molecule has 0 aromatic heterocycles. The molecule has 1 aromatic carbocycles. The monoisotopic (exact) mass is 201 g/mol. The highest BCUT2D eigenvalue weighted by atomic mass is 19.4. The van der Waals surface area contributed by atoms with Crippen LogP contribution in [0.25, 0.3) is 0 Å². The Balaban J connectivity index is 3.39. The third kappa shape index (κ3) is 1.78. The van der Waals surface area contributed by atoms with Crippen LogP contribution in [0.5, 0.6) is 0 Å². The van der Waals surface area contributed by atoms with Crippen LogP contribution >= 0.6 is 0 Å². The summed E-state index contributed by atoms with van der Waals surface area (Å²) in [7, 11) is 0. The summed E-state index contributed by atoms with van der Waals surface area (Å²) in [5.74, 6) is 4.92. The van der Waals surface area contributed by atoms with Crippen molar-refractivity contribution in [2.45, 2.75) is 6.18 Å². The SMILES string of the molecule is N#Cc1cccc(C(F)(F)F)c1NN. The number of nitrogens with two attached hydrogens (primary N) is 1. The molecule has 0 spiro atoms. The summed E-state index contributed by atoms with van der Waals surface area (Å²) in [5.41, 5.74) is 0.397. The fourth-order valence-electron chi connectivity index (χ4n) is 1.04. The minimum Gasteiger partial charge on any atom is -0.322 e. The van der Waals surface area contributed by atoms with E-state index in [0.29, 0.717) is 0 Å². The lowest BCUT2D eigenvalue weighted by molar-refractivity contribution is -0.137. The molecule has 74 valence electrons. The second-order valence-corrected chi connectivity index (χ2v) is 2.48. The maximum Gasteiger partial charge on any atom is 0.418 e. The van der Waals surface area contributed by atoms with Crippen LogP contribution in [0.1, 0.15) is 11.1 Å². The van der Waals surface area contributed by atoms with E-state index in [2.05, 4.69) is 0 Å². The number of benzene rings is 1. The molecule has 1 rings (SSSR count). The van der Waals surface area contributed by atoms with Gasteiger partial charge in [0.15, 0.2) is 0 Å². The number of halogens is 3. The molecule has 0 aliphatic rings. The van der Waals surface area contributed by atoms with Crippen LogP contribution in [0.4, 0.5) is 18.9 Å². The van der Waals surface area contributed by atoms with Crippen molar-refractivity contribution in [3.8, 4) is 6.07 Å². The number of nitriles is 1. The van der Waals surface area contributed by atoms with Crippen LogP contribution in [0, 0.1) is 11.3 Å². The minimum atomic E-state index is -4.52. The molecule has 6 heteroatoms. The zero-order valence-electron chi connectivity index (χ0n) is 6.89. The van der Waals surface area contributed by atoms with Crippen molar-refractivity contribution in [2.75, 3.05) is 5.43 Å². The van der Waals surface area contributed by atoms with Gasteiger partial charge in [0.25, 0.3) is 0 Å². The molecule has 0 amide bonds. The first-order valence-electron chi connectivity index (χ1n) is 3.57. The molecule has 0 fully saturated rings. The smallest absolute Gasteiger partial charge is 0.322 e. The van der Waals surface area contributed by atoms with E-state index in [1.165, 1.54) is 6.07 Å². The van der Waals surface area contributed by atoms with Crippen molar-refractivity contribution in [3.63, 3.8) is 0 Å². The van der Waals surface area contributed by atoms with Crippen LogP contribution < -0.4 is 11.3 Å². The maximum absolute atomic E-state index is 12.3. The fraction of sp³-hybridized carbons (Fsp3) is 0.125. The summed E-state index contributed by atoms with van der Waals surface area (Å²) in [6.45, 7) is 0. The second kappa shape index (κ2) is 3.55. The van der Waals surface area contributed by atoms with Gasteiger partial charge in [0.05, 0.1) is 16.8 Å². The van der Waals surface area contributed by atoms with Crippen LogP contribution in [0.3, 0.4) is 0 Å². The topological polar surface area (TPSA) is 61.8 Å². The molecular weight excluding hydrogens is 195 g/mol. The van der Waals surface area contributed by atoms with Gasteiger partial charge in [-0.3, -0.25) is 5.84 Å². The molecule has 0 saturated heterocycles. The van der Waals surface area contributed by atoms with Gasteiger partial charge in [-0.15, -0.1) is 0 Å². The van der Waals surface area contributed by atoms with Gasteiger partial charge in [0, 0.05) is 0 Å². The zero-order chi connectivity index (χ0) is 10.8. The third-order valence-corrected chi connectivity index (χ3v) is 1.63. The van der Waals surface area contributed by atoms with E-state index in [1.807, 2.05) is 5.43 Å². The van der Waals surface area contributed by atoms with Crippen LogP contribution in [0.2, 0.25) is 0 Å². The standard InChI is InChI=1S/C8H6F3N3/c9-8(10,11)6-3-1-2-5(4-12)7(6)14-13/h1-3,14H,13H2. The van der Waals surface area contributed by atoms with Gasteiger partial charge in [-0.1, -0.05) is 6.07 Å². The number of hydrazine groups is 1. The summed E-state index contributed by atoms with van der Waals surface area (Å²) in [5, 5.41) is 8.53. The Morgan fingerprint density at radius 2 is 2.00 bits per heavy atom. The Hall–Kier alpha value is -1.74. The van der Waals surface area contributed by atoms with Crippen molar-refractivity contribution in [2.24, 2.45) is 5.84 Å². The van der Waals surface area contributed by atoms with Gasteiger partial charge in [-0.05, 0) is 12.1 Å². The number of nitrogens with zero attached hydrogens (tertiary/aromatic N) is 1. The number of hydrogen-bond acceptors (Lipinski definition) is 3. The molecule has 14 heavy (non-hydrogen) atoms. The summed E-state index contributed by atoms with van der Waals surface area (Å²) >= 11 is 0. The number of nitrogen functional groups attached to an aromatic ring is 1. The van der Waals surface area contributed by atoms with Gasteiger partial charge >= 0.3 is 6.18 Å².